The molecule has 0 aromatic heterocycles. The summed E-state index contributed by atoms with van der Waals surface area (Å²) in [5, 5.41) is 2.02. The number of nitrogens with zero attached hydrogens (tertiary/aromatic N) is 1. The summed E-state index contributed by atoms with van der Waals surface area (Å²) < 4.78 is 0. The lowest BCUT2D eigenvalue weighted by Crippen LogP contribution is -2.29. The van der Waals surface area contributed by atoms with E-state index in [1.165, 1.54) is 6.42 Å². The molecule has 1 unspecified atom stereocenters. The fraction of sp³-hybridized carbons (Fsp3) is 0.500. The smallest absolute Gasteiger partial charge is 0.0459 e. The van der Waals surface area contributed by atoms with Crippen LogP contribution in [0.1, 0.15) is 13.3 Å². The van der Waals surface area contributed by atoms with E-state index in [1.54, 1.807) is 0 Å². The molecule has 1 rings (SSSR count). The van der Waals surface area contributed by atoms with Crippen molar-refractivity contribution in [2.24, 2.45) is 0 Å². The van der Waals surface area contributed by atoms with Crippen molar-refractivity contribution in [2.45, 2.75) is 19.4 Å². The molecule has 56 valence electrons. The molecule has 1 aliphatic heterocycles. The van der Waals surface area contributed by atoms with Crippen LogP contribution in [0.25, 0.3) is 0 Å². The van der Waals surface area contributed by atoms with Gasteiger partial charge in [-0.2, -0.15) is 0 Å². The van der Waals surface area contributed by atoms with Gasteiger partial charge in [0.25, 0.3) is 0 Å². The minimum atomic E-state index is 0.517. The third-order valence-electron chi connectivity index (χ3n) is 1.66. The number of allylic oxidation sites excluding steroid dienone is 1. The number of hydrogen-bond donors (Lipinski definition) is 1. The maximum absolute atomic E-state index is 3.68. The molecule has 0 aliphatic carbocycles. The molecular formula is C8H14N2. The van der Waals surface area contributed by atoms with Crippen LogP contribution in [0, 0.1) is 0 Å². The first kappa shape index (κ1) is 7.35. The highest BCUT2D eigenvalue weighted by Gasteiger charge is 2.14. The van der Waals surface area contributed by atoms with Crippen LogP contribution in [-0.4, -0.2) is 17.6 Å². The molecule has 2 nitrogen and oxygen atoms in total. The van der Waals surface area contributed by atoms with Gasteiger partial charge in [0.05, 0.1) is 0 Å². The maximum atomic E-state index is 3.68. The van der Waals surface area contributed by atoms with E-state index in [0.29, 0.717) is 6.04 Å². The molecule has 0 aromatic carbocycles. The Morgan fingerprint density at radius 3 is 3.00 bits per heavy atom. The minimum Gasteiger partial charge on any atom is -0.316 e. The highest BCUT2D eigenvalue weighted by Crippen LogP contribution is 2.05. The first-order valence-corrected chi connectivity index (χ1v) is 3.65. The van der Waals surface area contributed by atoms with Crippen molar-refractivity contribution in [3.8, 4) is 0 Å². The minimum absolute atomic E-state index is 0.517. The average molecular weight is 138 g/mol. The van der Waals surface area contributed by atoms with E-state index >= 15 is 0 Å². The van der Waals surface area contributed by atoms with Gasteiger partial charge in [-0.3, -0.25) is 0 Å². The van der Waals surface area contributed by atoms with E-state index in [1.807, 2.05) is 18.1 Å². The van der Waals surface area contributed by atoms with E-state index in [4.69, 9.17) is 0 Å². The van der Waals surface area contributed by atoms with E-state index in [-0.39, 0.29) is 0 Å². The molecule has 1 N–H and O–H groups in total. The zero-order valence-electron chi connectivity index (χ0n) is 6.38. The number of hydrazine groups is 1. The predicted octanol–water partition coefficient (Wildman–Crippen LogP) is 1.28. The number of hydrogen-bond acceptors (Lipinski definition) is 2. The van der Waals surface area contributed by atoms with Crippen LogP contribution >= 0.6 is 0 Å². The largest absolute Gasteiger partial charge is 0.316 e. The van der Waals surface area contributed by atoms with Crippen LogP contribution in [-0.2, 0) is 0 Å². The van der Waals surface area contributed by atoms with Crippen molar-refractivity contribution in [3.63, 3.8) is 0 Å². The lowest BCUT2D eigenvalue weighted by atomic mass is 10.2. The zero-order chi connectivity index (χ0) is 7.40. The Kier molecular flexibility index (Phi) is 2.51. The number of rotatable bonds is 2. The molecule has 10 heavy (non-hydrogen) atoms. The Balaban J connectivity index is 2.35. The van der Waals surface area contributed by atoms with Gasteiger partial charge in [-0.15, -0.1) is 0 Å². The maximum Gasteiger partial charge on any atom is 0.0459 e. The second kappa shape index (κ2) is 3.42. The van der Waals surface area contributed by atoms with Crippen LogP contribution in [0.5, 0.6) is 0 Å². The van der Waals surface area contributed by atoms with E-state index in [9.17, 15) is 0 Å². The van der Waals surface area contributed by atoms with Crippen molar-refractivity contribution in [1.82, 2.24) is 10.4 Å². The molecule has 1 atom stereocenters. The second-order valence-corrected chi connectivity index (χ2v) is 2.43. The summed E-state index contributed by atoms with van der Waals surface area (Å²) in [6.07, 6.45) is 7.24. The van der Waals surface area contributed by atoms with Gasteiger partial charge in [0.2, 0.25) is 0 Å². The molecule has 0 saturated carbocycles. The van der Waals surface area contributed by atoms with Crippen molar-refractivity contribution >= 4 is 0 Å². The summed E-state index contributed by atoms with van der Waals surface area (Å²) >= 11 is 0. The summed E-state index contributed by atoms with van der Waals surface area (Å²) in [7, 11) is 0. The van der Waals surface area contributed by atoms with Crippen LogP contribution in [0.3, 0.4) is 0 Å². The van der Waals surface area contributed by atoms with Gasteiger partial charge in [-0.25, -0.2) is 5.43 Å². The second-order valence-electron chi connectivity index (χ2n) is 2.43. The lowest BCUT2D eigenvalue weighted by Gasteiger charge is -2.11. The standard InChI is InChI=1S/C8H14N2/c1-3-5-8-6-7-10(4-2)9-8/h3-5,8-9H,2,6-7H2,1H3/b5-3+. The first-order valence-electron chi connectivity index (χ1n) is 3.65. The SMILES string of the molecule is C=CN1CCC(/C=C/C)N1. The fourth-order valence-corrected chi connectivity index (χ4v) is 1.14. The van der Waals surface area contributed by atoms with Crippen LogP contribution in [0.2, 0.25) is 0 Å². The highest BCUT2D eigenvalue weighted by atomic mass is 15.5. The highest BCUT2D eigenvalue weighted by molar-refractivity contribution is 4.95. The molecule has 0 bridgehead atoms. The van der Waals surface area contributed by atoms with E-state index in [0.717, 1.165) is 6.54 Å². The quantitative estimate of drug-likeness (QED) is 0.578. The summed E-state index contributed by atoms with van der Waals surface area (Å²) in [4.78, 5) is 0. The third kappa shape index (κ3) is 1.61. The molecule has 0 spiro atoms. The Hall–Kier alpha value is -0.760. The van der Waals surface area contributed by atoms with Gasteiger partial charge in [-0.1, -0.05) is 18.7 Å². The van der Waals surface area contributed by atoms with Gasteiger partial charge in [0, 0.05) is 18.8 Å². The topological polar surface area (TPSA) is 15.3 Å². The Morgan fingerprint density at radius 1 is 1.70 bits per heavy atom. The van der Waals surface area contributed by atoms with Crippen molar-refractivity contribution < 1.29 is 0 Å². The van der Waals surface area contributed by atoms with E-state index in [2.05, 4.69) is 24.2 Å². The molecule has 1 fully saturated rings. The molecule has 0 aromatic rings. The van der Waals surface area contributed by atoms with Crippen molar-refractivity contribution in [1.29, 1.82) is 0 Å². The third-order valence-corrected chi connectivity index (χ3v) is 1.66. The Bertz CT molecular complexity index is 140. The molecular weight excluding hydrogens is 124 g/mol. The summed E-state index contributed by atoms with van der Waals surface area (Å²) in [6, 6.07) is 0.517. The molecule has 1 heterocycles. The van der Waals surface area contributed by atoms with Gasteiger partial charge in [-0.05, 0) is 13.3 Å². The average Bonchev–Trinajstić information content (AvgIpc) is 2.37. The number of nitrogens with one attached hydrogen (secondary N) is 1. The van der Waals surface area contributed by atoms with Gasteiger partial charge < -0.3 is 5.01 Å². The first-order chi connectivity index (χ1) is 4.86. The molecule has 1 aliphatic rings. The van der Waals surface area contributed by atoms with Gasteiger partial charge in [0.1, 0.15) is 0 Å². The van der Waals surface area contributed by atoms with Crippen molar-refractivity contribution in [3.05, 3.63) is 24.9 Å². The van der Waals surface area contributed by atoms with E-state index < -0.39 is 0 Å². The van der Waals surface area contributed by atoms with Crippen LogP contribution < -0.4 is 5.43 Å². The Labute approximate surface area is 62.2 Å². The van der Waals surface area contributed by atoms with Gasteiger partial charge >= 0.3 is 0 Å². The zero-order valence-corrected chi connectivity index (χ0v) is 6.38. The van der Waals surface area contributed by atoms with Crippen LogP contribution in [0.4, 0.5) is 0 Å². The van der Waals surface area contributed by atoms with Crippen molar-refractivity contribution in [2.75, 3.05) is 6.54 Å². The Morgan fingerprint density at radius 2 is 2.50 bits per heavy atom. The van der Waals surface area contributed by atoms with Crippen LogP contribution in [0.15, 0.2) is 24.9 Å². The fourth-order valence-electron chi connectivity index (χ4n) is 1.14. The molecule has 2 heteroatoms. The summed E-state index contributed by atoms with van der Waals surface area (Å²) in [5.74, 6) is 0. The normalized spacial score (nSPS) is 26.1. The molecule has 1 saturated heterocycles. The lowest BCUT2D eigenvalue weighted by molar-refractivity contribution is 0.345. The summed E-state index contributed by atoms with van der Waals surface area (Å²) in [6.45, 7) is 6.78. The monoisotopic (exact) mass is 138 g/mol. The summed E-state index contributed by atoms with van der Waals surface area (Å²) in [5.41, 5.74) is 3.27. The molecule has 0 radical (unpaired) electrons. The van der Waals surface area contributed by atoms with Gasteiger partial charge in [0.15, 0.2) is 0 Å². The molecule has 0 amide bonds. The predicted molar refractivity (Wildman–Crippen MR) is 43.3 cm³/mol.